The van der Waals surface area contributed by atoms with Gasteiger partial charge in [0.1, 0.15) is 5.69 Å². The van der Waals surface area contributed by atoms with Crippen LogP contribution < -0.4 is 5.43 Å². The highest BCUT2D eigenvalue weighted by molar-refractivity contribution is 6.00. The Morgan fingerprint density at radius 1 is 0.840 bits per heavy atom. The molecule has 0 N–H and O–H groups in total. The van der Waals surface area contributed by atoms with E-state index in [9.17, 15) is 4.79 Å². The zero-order valence-corrected chi connectivity index (χ0v) is 14.8. The number of hydrogen-bond donors (Lipinski definition) is 0. The Hall–Kier alpha value is -2.96. The molecule has 0 saturated heterocycles. The summed E-state index contributed by atoms with van der Waals surface area (Å²) in [6, 6.07) is 10.9. The molecule has 7 heteroatoms. The maximum atomic E-state index is 12.5. The molecule has 129 valence electrons. The van der Waals surface area contributed by atoms with Gasteiger partial charge in [-0.25, -0.2) is 19.8 Å². The van der Waals surface area contributed by atoms with Gasteiger partial charge in [0, 0.05) is 6.20 Å². The molecule has 25 heavy (non-hydrogen) atoms. The number of pyridine rings is 2. The van der Waals surface area contributed by atoms with Gasteiger partial charge in [0.05, 0.1) is 23.5 Å². The van der Waals surface area contributed by atoms with Crippen molar-refractivity contribution in [1.82, 2.24) is 25.4 Å². The molecule has 3 rings (SSSR count). The van der Waals surface area contributed by atoms with Crippen molar-refractivity contribution < 1.29 is 4.79 Å². The normalized spacial score (nSPS) is 14.8. The van der Waals surface area contributed by atoms with Gasteiger partial charge in [-0.15, -0.1) is 10.5 Å². The average Bonchev–Trinajstić information content (AvgIpc) is 2.62. The van der Waals surface area contributed by atoms with Crippen molar-refractivity contribution in [1.29, 1.82) is 0 Å². The second-order valence-electron chi connectivity index (χ2n) is 6.31. The summed E-state index contributed by atoms with van der Waals surface area (Å²) >= 11 is 0. The second kappa shape index (κ2) is 6.88. The fraction of sp³-hybridized carbons (Fsp3) is 0.333. The number of carbonyl (C=O) groups excluding carboxylic acids is 1. The average molecular weight is 337 g/mol. The zero-order valence-electron chi connectivity index (χ0n) is 14.8. The third-order valence-corrected chi connectivity index (χ3v) is 3.68. The molecule has 0 spiro atoms. The Morgan fingerprint density at radius 2 is 1.52 bits per heavy atom. The van der Waals surface area contributed by atoms with Gasteiger partial charge in [0.15, 0.2) is 0 Å². The molecule has 2 aromatic rings. The van der Waals surface area contributed by atoms with Crippen LogP contribution in [0.5, 0.6) is 0 Å². The van der Waals surface area contributed by atoms with E-state index in [0.29, 0.717) is 11.5 Å². The van der Waals surface area contributed by atoms with Gasteiger partial charge >= 0.3 is 6.03 Å². The third kappa shape index (κ3) is 3.45. The lowest BCUT2D eigenvalue weighted by atomic mass is 10.2. The minimum atomic E-state index is -0.227. The first kappa shape index (κ1) is 16.9. The SMILES string of the molecule is CC(C)N1[N]C(c2cccc(-c3ccccn3)n2)=NN(C(C)C)C1=O. The Kier molecular flexibility index (Phi) is 4.65. The highest BCUT2D eigenvalue weighted by Crippen LogP contribution is 2.18. The molecule has 3 heterocycles. The van der Waals surface area contributed by atoms with Crippen molar-refractivity contribution in [3.8, 4) is 11.4 Å². The highest BCUT2D eigenvalue weighted by Gasteiger charge is 2.33. The van der Waals surface area contributed by atoms with Gasteiger partial charge in [-0.2, -0.15) is 0 Å². The smallest absolute Gasteiger partial charge is 0.255 e. The summed E-state index contributed by atoms with van der Waals surface area (Å²) in [7, 11) is 0. The molecule has 2 aromatic heterocycles. The number of carbonyl (C=O) groups is 1. The van der Waals surface area contributed by atoms with Gasteiger partial charge in [-0.3, -0.25) is 4.98 Å². The minimum Gasteiger partial charge on any atom is -0.255 e. The first-order valence-corrected chi connectivity index (χ1v) is 8.29. The molecule has 0 unspecified atom stereocenters. The highest BCUT2D eigenvalue weighted by atomic mass is 16.2. The van der Waals surface area contributed by atoms with Crippen LogP contribution in [0, 0.1) is 0 Å². The molecule has 0 atom stereocenters. The topological polar surface area (TPSA) is 75.8 Å². The van der Waals surface area contributed by atoms with Crippen LogP contribution in [0.1, 0.15) is 33.4 Å². The molecule has 0 fully saturated rings. The Morgan fingerprint density at radius 3 is 2.16 bits per heavy atom. The fourth-order valence-corrected chi connectivity index (χ4v) is 2.41. The van der Waals surface area contributed by atoms with E-state index in [1.807, 2.05) is 64.1 Å². The van der Waals surface area contributed by atoms with Crippen molar-refractivity contribution in [3.63, 3.8) is 0 Å². The largest absolute Gasteiger partial charge is 0.361 e. The van der Waals surface area contributed by atoms with Crippen LogP contribution in [0.2, 0.25) is 0 Å². The molecule has 2 amide bonds. The fourth-order valence-electron chi connectivity index (χ4n) is 2.41. The van der Waals surface area contributed by atoms with Crippen LogP contribution in [0.3, 0.4) is 0 Å². The lowest BCUT2D eigenvalue weighted by Gasteiger charge is -2.35. The number of amides is 2. The van der Waals surface area contributed by atoms with Crippen molar-refractivity contribution in [2.24, 2.45) is 5.10 Å². The van der Waals surface area contributed by atoms with E-state index < -0.39 is 0 Å². The summed E-state index contributed by atoms with van der Waals surface area (Å²) < 4.78 is 0. The summed E-state index contributed by atoms with van der Waals surface area (Å²) in [5, 5.41) is 7.29. The molecule has 1 radical (unpaired) electrons. The van der Waals surface area contributed by atoms with E-state index in [1.165, 1.54) is 10.0 Å². The van der Waals surface area contributed by atoms with Crippen molar-refractivity contribution in [2.45, 2.75) is 39.8 Å². The van der Waals surface area contributed by atoms with Crippen LogP contribution in [0.4, 0.5) is 4.79 Å². The Labute approximate surface area is 147 Å². The van der Waals surface area contributed by atoms with Gasteiger partial charge in [-0.1, -0.05) is 12.1 Å². The van der Waals surface area contributed by atoms with Crippen LogP contribution in [0.25, 0.3) is 11.4 Å². The zero-order chi connectivity index (χ0) is 18.0. The second-order valence-corrected chi connectivity index (χ2v) is 6.31. The van der Waals surface area contributed by atoms with Crippen molar-refractivity contribution in [2.75, 3.05) is 0 Å². The Balaban J connectivity index is 2.00. The maximum absolute atomic E-state index is 12.5. The first-order valence-electron chi connectivity index (χ1n) is 8.29. The molecular weight excluding hydrogens is 316 g/mol. The molecule has 1 aliphatic rings. The molecule has 1 aliphatic heterocycles. The molecule has 0 bridgehead atoms. The molecular formula is C18H21N6O. The summed E-state index contributed by atoms with van der Waals surface area (Å²) in [4.78, 5) is 21.4. The van der Waals surface area contributed by atoms with Gasteiger partial charge in [0.25, 0.3) is 0 Å². The number of nitrogens with zero attached hydrogens (tertiary/aromatic N) is 6. The van der Waals surface area contributed by atoms with Gasteiger partial charge < -0.3 is 0 Å². The number of urea groups is 1. The number of aromatic nitrogens is 2. The van der Waals surface area contributed by atoms with E-state index in [4.69, 9.17) is 0 Å². The number of hydrogen-bond acceptors (Lipinski definition) is 4. The van der Waals surface area contributed by atoms with E-state index in [1.54, 1.807) is 6.20 Å². The van der Waals surface area contributed by atoms with Crippen LogP contribution in [0.15, 0.2) is 47.7 Å². The van der Waals surface area contributed by atoms with Crippen LogP contribution in [-0.2, 0) is 0 Å². The predicted molar refractivity (Wildman–Crippen MR) is 95.5 cm³/mol. The monoisotopic (exact) mass is 337 g/mol. The summed E-state index contributed by atoms with van der Waals surface area (Å²) in [5.41, 5.74) is 6.53. The maximum Gasteiger partial charge on any atom is 0.361 e. The standard InChI is InChI=1S/C18H21N6O/c1-12(2)23-18(25)24(13(3)4)22-17(21-23)16-10-7-9-15(20-16)14-8-5-6-11-19-14/h5-13H,1-4H3. The van der Waals surface area contributed by atoms with E-state index in [0.717, 1.165) is 11.4 Å². The Bertz CT molecular complexity index is 787. The van der Waals surface area contributed by atoms with Crippen molar-refractivity contribution >= 4 is 11.9 Å². The lowest BCUT2D eigenvalue weighted by molar-refractivity contribution is 0.103. The van der Waals surface area contributed by atoms with E-state index >= 15 is 0 Å². The lowest BCUT2D eigenvalue weighted by Crippen LogP contribution is -2.56. The predicted octanol–water partition coefficient (Wildman–Crippen LogP) is 2.88. The molecule has 0 aromatic carbocycles. The van der Waals surface area contributed by atoms with E-state index in [-0.39, 0.29) is 18.1 Å². The minimum absolute atomic E-state index is 0.0711. The molecule has 0 saturated carbocycles. The van der Waals surface area contributed by atoms with Crippen molar-refractivity contribution in [3.05, 3.63) is 48.3 Å². The summed E-state index contributed by atoms with van der Waals surface area (Å²) in [5.74, 6) is 0.416. The molecule has 7 nitrogen and oxygen atoms in total. The molecule has 0 aliphatic carbocycles. The van der Waals surface area contributed by atoms with Crippen LogP contribution in [-0.4, -0.2) is 43.9 Å². The number of rotatable bonds is 4. The van der Waals surface area contributed by atoms with E-state index in [2.05, 4.69) is 20.5 Å². The number of amidine groups is 1. The van der Waals surface area contributed by atoms with Crippen LogP contribution >= 0.6 is 0 Å². The van der Waals surface area contributed by atoms with Gasteiger partial charge in [0.2, 0.25) is 5.84 Å². The number of hydrazone groups is 1. The third-order valence-electron chi connectivity index (χ3n) is 3.68. The quantitative estimate of drug-likeness (QED) is 0.861. The van der Waals surface area contributed by atoms with Gasteiger partial charge in [-0.05, 0) is 52.0 Å². The summed E-state index contributed by atoms with van der Waals surface area (Å²) in [6.07, 6.45) is 1.73. The summed E-state index contributed by atoms with van der Waals surface area (Å²) in [6.45, 7) is 7.67. The first-order chi connectivity index (χ1) is 12.0.